The Balaban J connectivity index is 1.70. The van der Waals surface area contributed by atoms with E-state index in [1.54, 1.807) is 4.90 Å². The van der Waals surface area contributed by atoms with Crippen LogP contribution in [0.2, 0.25) is 0 Å². The van der Waals surface area contributed by atoms with Crippen molar-refractivity contribution in [2.45, 2.75) is 97.2 Å². The molecule has 4 heteroatoms. The van der Waals surface area contributed by atoms with E-state index in [1.165, 1.54) is 18.4 Å². The lowest BCUT2D eigenvalue weighted by Gasteiger charge is -2.30. The van der Waals surface area contributed by atoms with Gasteiger partial charge in [-0.05, 0) is 60.8 Å². The van der Waals surface area contributed by atoms with E-state index >= 15 is 0 Å². The molecule has 1 unspecified atom stereocenters. The highest BCUT2D eigenvalue weighted by atomic mass is 16.2. The average molecular weight is 449 g/mol. The zero-order chi connectivity index (χ0) is 24.0. The Hall–Kier alpha value is -2.62. The lowest BCUT2D eigenvalue weighted by Crippen LogP contribution is -2.49. The summed E-state index contributed by atoms with van der Waals surface area (Å²) >= 11 is 0. The highest BCUT2D eigenvalue weighted by Crippen LogP contribution is 2.23. The topological polar surface area (TPSA) is 49.4 Å². The largest absolute Gasteiger partial charge is 0.352 e. The lowest BCUT2D eigenvalue weighted by molar-refractivity contribution is -0.140. The highest BCUT2D eigenvalue weighted by Gasteiger charge is 2.28. The maximum atomic E-state index is 13.4. The fourth-order valence-corrected chi connectivity index (χ4v) is 4.51. The van der Waals surface area contributed by atoms with Crippen molar-refractivity contribution >= 4 is 11.8 Å². The van der Waals surface area contributed by atoms with Crippen LogP contribution in [0.15, 0.2) is 48.5 Å². The van der Waals surface area contributed by atoms with E-state index in [9.17, 15) is 9.59 Å². The lowest BCUT2D eigenvalue weighted by atomic mass is 9.86. The fourth-order valence-electron chi connectivity index (χ4n) is 4.51. The van der Waals surface area contributed by atoms with Gasteiger partial charge in [0.05, 0.1) is 0 Å². The number of nitrogens with zero attached hydrogens (tertiary/aromatic N) is 1. The molecule has 1 aliphatic rings. The summed E-state index contributed by atoms with van der Waals surface area (Å²) in [4.78, 5) is 28.2. The van der Waals surface area contributed by atoms with E-state index in [-0.39, 0.29) is 23.3 Å². The number of amides is 2. The third-order valence-corrected chi connectivity index (χ3v) is 6.92. The predicted molar refractivity (Wildman–Crippen MR) is 135 cm³/mol. The van der Waals surface area contributed by atoms with Crippen LogP contribution < -0.4 is 5.32 Å². The molecule has 0 aliphatic heterocycles. The minimum atomic E-state index is -0.499. The van der Waals surface area contributed by atoms with Crippen LogP contribution >= 0.6 is 0 Å². The van der Waals surface area contributed by atoms with E-state index < -0.39 is 6.04 Å². The third-order valence-electron chi connectivity index (χ3n) is 6.92. The van der Waals surface area contributed by atoms with Crippen LogP contribution in [0.1, 0.15) is 82.1 Å². The second kappa shape index (κ2) is 11.0. The molecular formula is C29H40N2O2. The van der Waals surface area contributed by atoms with Gasteiger partial charge in [-0.2, -0.15) is 0 Å². The summed E-state index contributed by atoms with van der Waals surface area (Å²) in [5.74, 6) is -0.0226. The Morgan fingerprint density at radius 1 is 1.03 bits per heavy atom. The molecule has 1 fully saturated rings. The van der Waals surface area contributed by atoms with Crippen molar-refractivity contribution in [2.75, 3.05) is 0 Å². The molecule has 33 heavy (non-hydrogen) atoms. The molecule has 0 heterocycles. The molecule has 0 spiro atoms. The molecule has 2 amide bonds. The molecule has 0 bridgehead atoms. The van der Waals surface area contributed by atoms with Crippen molar-refractivity contribution in [1.29, 1.82) is 0 Å². The summed E-state index contributed by atoms with van der Waals surface area (Å²) in [6.07, 6.45) is 5.47. The molecule has 1 N–H and O–H groups in total. The predicted octanol–water partition coefficient (Wildman–Crippen LogP) is 5.70. The molecule has 2 aromatic rings. The van der Waals surface area contributed by atoms with Gasteiger partial charge in [-0.1, -0.05) is 82.1 Å². The smallest absolute Gasteiger partial charge is 0.242 e. The first-order valence-electron chi connectivity index (χ1n) is 12.4. The summed E-state index contributed by atoms with van der Waals surface area (Å²) in [7, 11) is 0. The number of hydrogen-bond donors (Lipinski definition) is 1. The number of rotatable bonds is 8. The van der Waals surface area contributed by atoms with Gasteiger partial charge in [0.15, 0.2) is 0 Å². The zero-order valence-electron chi connectivity index (χ0n) is 21.0. The van der Waals surface area contributed by atoms with Crippen LogP contribution in [-0.2, 0) is 28.0 Å². The summed E-state index contributed by atoms with van der Waals surface area (Å²) in [5, 5.41) is 3.18. The van der Waals surface area contributed by atoms with Gasteiger partial charge >= 0.3 is 0 Å². The summed E-state index contributed by atoms with van der Waals surface area (Å²) in [6, 6.07) is 16.4. The first kappa shape index (κ1) is 25.0. The standard InChI is InChI=1S/C29H40N2O2/c1-21-10-6-7-11-24(21)20-31(22(2)28(33)30-26-12-8-9-13-26)27(32)19-16-23-14-17-25(18-15-23)29(3,4)5/h6-7,10-11,14-15,17-18,22,26H,8-9,12-13,16,19-20H2,1-5H3,(H,30,33). The van der Waals surface area contributed by atoms with Crippen molar-refractivity contribution in [3.63, 3.8) is 0 Å². The Morgan fingerprint density at radius 2 is 1.67 bits per heavy atom. The molecule has 178 valence electrons. The minimum absolute atomic E-state index is 0.0206. The molecule has 3 rings (SSSR count). The minimum Gasteiger partial charge on any atom is -0.352 e. The SMILES string of the molecule is Cc1ccccc1CN(C(=O)CCc1ccc(C(C)(C)C)cc1)C(C)C(=O)NC1CCCC1. The van der Waals surface area contributed by atoms with Gasteiger partial charge in [-0.3, -0.25) is 9.59 Å². The van der Waals surface area contributed by atoms with Crippen LogP contribution in [0.3, 0.4) is 0 Å². The Morgan fingerprint density at radius 3 is 2.27 bits per heavy atom. The van der Waals surface area contributed by atoms with E-state index in [0.29, 0.717) is 19.4 Å². The van der Waals surface area contributed by atoms with Gasteiger partial charge in [0.1, 0.15) is 6.04 Å². The zero-order valence-corrected chi connectivity index (χ0v) is 21.0. The van der Waals surface area contributed by atoms with Gasteiger partial charge in [-0.25, -0.2) is 0 Å². The van der Waals surface area contributed by atoms with E-state index in [0.717, 1.165) is 29.5 Å². The summed E-state index contributed by atoms with van der Waals surface area (Å²) in [6.45, 7) is 11.0. The molecule has 0 saturated heterocycles. The second-order valence-electron chi connectivity index (χ2n) is 10.6. The van der Waals surface area contributed by atoms with Crippen LogP contribution in [-0.4, -0.2) is 28.8 Å². The van der Waals surface area contributed by atoms with E-state index in [1.807, 2.05) is 25.1 Å². The number of benzene rings is 2. The Kier molecular flexibility index (Phi) is 8.34. The molecule has 2 aromatic carbocycles. The van der Waals surface area contributed by atoms with Crippen molar-refractivity contribution < 1.29 is 9.59 Å². The molecule has 0 radical (unpaired) electrons. The Labute approximate surface area is 199 Å². The maximum absolute atomic E-state index is 13.4. The van der Waals surface area contributed by atoms with Crippen molar-refractivity contribution in [2.24, 2.45) is 0 Å². The molecule has 1 atom stereocenters. The third kappa shape index (κ3) is 6.93. The van der Waals surface area contributed by atoms with Gasteiger partial charge in [0, 0.05) is 19.0 Å². The van der Waals surface area contributed by atoms with Gasteiger partial charge in [0.25, 0.3) is 0 Å². The van der Waals surface area contributed by atoms with Crippen molar-refractivity contribution in [1.82, 2.24) is 10.2 Å². The molecule has 1 saturated carbocycles. The monoisotopic (exact) mass is 448 g/mol. The molecule has 4 nitrogen and oxygen atoms in total. The van der Waals surface area contributed by atoms with E-state index in [2.05, 4.69) is 63.3 Å². The van der Waals surface area contributed by atoms with Gasteiger partial charge in [0.2, 0.25) is 11.8 Å². The van der Waals surface area contributed by atoms with Crippen LogP contribution in [0.4, 0.5) is 0 Å². The number of hydrogen-bond acceptors (Lipinski definition) is 2. The highest BCUT2D eigenvalue weighted by molar-refractivity contribution is 5.87. The van der Waals surface area contributed by atoms with Gasteiger partial charge in [-0.15, -0.1) is 0 Å². The maximum Gasteiger partial charge on any atom is 0.242 e. The fraction of sp³-hybridized carbons (Fsp3) is 0.517. The Bertz CT molecular complexity index is 937. The average Bonchev–Trinajstić information content (AvgIpc) is 3.29. The molecule has 1 aliphatic carbocycles. The van der Waals surface area contributed by atoms with Crippen LogP contribution in [0, 0.1) is 6.92 Å². The van der Waals surface area contributed by atoms with Crippen molar-refractivity contribution in [3.8, 4) is 0 Å². The summed E-state index contributed by atoms with van der Waals surface area (Å²) in [5.41, 5.74) is 4.77. The first-order chi connectivity index (χ1) is 15.6. The number of carbonyl (C=O) groups excluding carboxylic acids is 2. The first-order valence-corrected chi connectivity index (χ1v) is 12.4. The second-order valence-corrected chi connectivity index (χ2v) is 10.6. The number of aryl methyl sites for hydroxylation is 2. The van der Waals surface area contributed by atoms with Crippen LogP contribution in [0.25, 0.3) is 0 Å². The van der Waals surface area contributed by atoms with Crippen LogP contribution in [0.5, 0.6) is 0 Å². The normalized spacial score (nSPS) is 15.3. The molecular weight excluding hydrogens is 408 g/mol. The summed E-state index contributed by atoms with van der Waals surface area (Å²) < 4.78 is 0. The molecule has 0 aromatic heterocycles. The van der Waals surface area contributed by atoms with E-state index in [4.69, 9.17) is 0 Å². The quantitative estimate of drug-likeness (QED) is 0.563. The number of carbonyl (C=O) groups is 2. The number of nitrogens with one attached hydrogen (secondary N) is 1. The van der Waals surface area contributed by atoms with Gasteiger partial charge < -0.3 is 10.2 Å². The van der Waals surface area contributed by atoms with Crippen molar-refractivity contribution in [3.05, 3.63) is 70.8 Å².